The molecule has 0 aliphatic rings. The maximum Gasteiger partial charge on any atom is 0.348 e. The van der Waals surface area contributed by atoms with Crippen LogP contribution in [-0.2, 0) is 27.4 Å². The van der Waals surface area contributed by atoms with E-state index in [4.69, 9.17) is 9.47 Å². The zero-order chi connectivity index (χ0) is 30.8. The number of carbonyl (C=O) groups is 4. The third-order valence-electron chi connectivity index (χ3n) is 6.03. The number of amides is 2. The van der Waals surface area contributed by atoms with Gasteiger partial charge in [0.1, 0.15) is 15.7 Å². The van der Waals surface area contributed by atoms with E-state index in [2.05, 4.69) is 20.8 Å². The molecule has 0 spiro atoms. The lowest BCUT2D eigenvalue weighted by molar-refractivity contribution is -0.115. The fourth-order valence-electron chi connectivity index (χ4n) is 3.84. The SMILES string of the molecule is CCCCn1c(CNC(=O)c2ccccc2F)nnc1S[C@@H](C)C(=O)Nc1sc(C(=O)OCC)c(C)c1C(=O)OCC. The molecule has 2 heterocycles. The molecule has 0 fully saturated rings. The average molecular weight is 620 g/mol. The second-order valence-electron chi connectivity index (χ2n) is 9.02. The first-order valence-electron chi connectivity index (χ1n) is 13.5. The van der Waals surface area contributed by atoms with E-state index < -0.39 is 34.8 Å². The van der Waals surface area contributed by atoms with Crippen LogP contribution < -0.4 is 10.6 Å². The number of unbranched alkanes of at least 4 members (excludes halogenated alkanes) is 1. The largest absolute Gasteiger partial charge is 0.462 e. The minimum absolute atomic E-state index is 0.0129. The number of thioether (sulfide) groups is 1. The fraction of sp³-hybridized carbons (Fsp3) is 0.429. The smallest absolute Gasteiger partial charge is 0.348 e. The zero-order valence-electron chi connectivity index (χ0n) is 24.1. The number of carbonyl (C=O) groups excluding carboxylic acids is 4. The van der Waals surface area contributed by atoms with Crippen LogP contribution in [0.15, 0.2) is 29.4 Å². The molecule has 0 aliphatic carbocycles. The molecule has 14 heteroatoms. The van der Waals surface area contributed by atoms with E-state index in [0.29, 0.717) is 23.1 Å². The van der Waals surface area contributed by atoms with Gasteiger partial charge in [0, 0.05) is 6.54 Å². The number of esters is 2. The summed E-state index contributed by atoms with van der Waals surface area (Å²) in [5, 5.41) is 13.8. The van der Waals surface area contributed by atoms with Crippen LogP contribution in [0.5, 0.6) is 0 Å². The van der Waals surface area contributed by atoms with Crippen LogP contribution in [0, 0.1) is 12.7 Å². The Hall–Kier alpha value is -3.78. The van der Waals surface area contributed by atoms with E-state index in [-0.39, 0.29) is 40.8 Å². The van der Waals surface area contributed by atoms with Gasteiger partial charge in [-0.1, -0.05) is 37.2 Å². The van der Waals surface area contributed by atoms with Crippen molar-refractivity contribution < 1.29 is 33.0 Å². The number of nitrogens with zero attached hydrogens (tertiary/aromatic N) is 3. The van der Waals surface area contributed by atoms with Crippen LogP contribution in [0.4, 0.5) is 9.39 Å². The summed E-state index contributed by atoms with van der Waals surface area (Å²) in [5.41, 5.74) is 0.400. The summed E-state index contributed by atoms with van der Waals surface area (Å²) in [6.07, 6.45) is 1.69. The first-order chi connectivity index (χ1) is 20.1. The van der Waals surface area contributed by atoms with Gasteiger partial charge in [0.05, 0.1) is 36.1 Å². The van der Waals surface area contributed by atoms with Crippen molar-refractivity contribution in [1.29, 1.82) is 0 Å². The van der Waals surface area contributed by atoms with Gasteiger partial charge in [0.2, 0.25) is 5.91 Å². The number of benzene rings is 1. The highest BCUT2D eigenvalue weighted by atomic mass is 32.2. The second kappa shape index (κ2) is 15.4. The summed E-state index contributed by atoms with van der Waals surface area (Å²) in [5.74, 6) is -2.42. The summed E-state index contributed by atoms with van der Waals surface area (Å²) in [7, 11) is 0. The number of thiophene rings is 1. The molecule has 226 valence electrons. The lowest BCUT2D eigenvalue weighted by Crippen LogP contribution is -2.26. The Balaban J connectivity index is 1.78. The van der Waals surface area contributed by atoms with Crippen LogP contribution >= 0.6 is 23.1 Å². The van der Waals surface area contributed by atoms with Gasteiger partial charge in [-0.15, -0.1) is 21.5 Å². The van der Waals surface area contributed by atoms with Gasteiger partial charge in [0.25, 0.3) is 5.91 Å². The Kier molecular flexibility index (Phi) is 12.0. The number of hydrogen-bond acceptors (Lipinski definition) is 10. The molecule has 3 aromatic rings. The molecule has 11 nitrogen and oxygen atoms in total. The number of rotatable bonds is 14. The minimum atomic E-state index is -0.682. The highest BCUT2D eigenvalue weighted by Crippen LogP contribution is 2.35. The molecule has 42 heavy (non-hydrogen) atoms. The van der Waals surface area contributed by atoms with Crippen molar-refractivity contribution in [3.8, 4) is 0 Å². The maximum atomic E-state index is 14.0. The number of ether oxygens (including phenoxy) is 2. The predicted molar refractivity (Wildman–Crippen MR) is 157 cm³/mol. The molecule has 2 N–H and O–H groups in total. The van der Waals surface area contributed by atoms with Gasteiger partial charge in [-0.25, -0.2) is 14.0 Å². The number of aromatic nitrogens is 3. The Bertz CT molecular complexity index is 1440. The maximum absolute atomic E-state index is 14.0. The molecule has 0 radical (unpaired) electrons. The first-order valence-corrected chi connectivity index (χ1v) is 15.2. The average Bonchev–Trinajstić information content (AvgIpc) is 3.50. The van der Waals surface area contributed by atoms with Crippen LogP contribution in [0.1, 0.15) is 82.3 Å². The first kappa shape index (κ1) is 32.7. The summed E-state index contributed by atoms with van der Waals surface area (Å²) < 4.78 is 26.1. The Morgan fingerprint density at radius 1 is 1.07 bits per heavy atom. The highest BCUT2D eigenvalue weighted by molar-refractivity contribution is 8.00. The Morgan fingerprint density at radius 2 is 1.76 bits per heavy atom. The van der Waals surface area contributed by atoms with E-state index in [1.807, 2.05) is 11.5 Å². The van der Waals surface area contributed by atoms with Crippen molar-refractivity contribution in [2.45, 2.75) is 71.0 Å². The molecule has 0 bridgehead atoms. The minimum Gasteiger partial charge on any atom is -0.462 e. The van der Waals surface area contributed by atoms with Crippen LogP contribution in [0.25, 0.3) is 0 Å². The standard InChI is InChI=1S/C28H34FN5O6S2/c1-6-9-14-34-20(15-30-24(36)18-12-10-11-13-19(18)29)32-33-28(34)41-17(5)23(35)31-25-21(26(37)39-7-2)16(4)22(42-25)27(38)40-8-3/h10-13,17H,6-9,14-15H2,1-5H3,(H,30,36)(H,31,35)/t17-/m0/s1. The predicted octanol–water partition coefficient (Wildman–Crippen LogP) is 4.99. The number of halogens is 1. The highest BCUT2D eigenvalue weighted by Gasteiger charge is 2.29. The van der Waals surface area contributed by atoms with Crippen molar-refractivity contribution in [1.82, 2.24) is 20.1 Å². The van der Waals surface area contributed by atoms with Gasteiger partial charge in [0.15, 0.2) is 11.0 Å². The summed E-state index contributed by atoms with van der Waals surface area (Å²) in [6.45, 7) is 9.49. The van der Waals surface area contributed by atoms with Crippen LogP contribution in [0.3, 0.4) is 0 Å². The monoisotopic (exact) mass is 619 g/mol. The molecular weight excluding hydrogens is 585 g/mol. The zero-order valence-corrected chi connectivity index (χ0v) is 25.7. The van der Waals surface area contributed by atoms with E-state index in [1.165, 1.54) is 18.2 Å². The lowest BCUT2D eigenvalue weighted by Gasteiger charge is -2.14. The number of nitrogens with one attached hydrogen (secondary N) is 2. The normalized spacial score (nSPS) is 11.6. The lowest BCUT2D eigenvalue weighted by atomic mass is 10.1. The molecule has 0 saturated heterocycles. The number of hydrogen-bond donors (Lipinski definition) is 2. The van der Waals surface area contributed by atoms with Crippen molar-refractivity contribution in [2.75, 3.05) is 18.5 Å². The molecule has 0 unspecified atom stereocenters. The topological polar surface area (TPSA) is 142 Å². The quantitative estimate of drug-likeness (QED) is 0.189. The molecule has 3 rings (SSSR count). The van der Waals surface area contributed by atoms with Gasteiger partial charge in [-0.3, -0.25) is 9.59 Å². The molecule has 2 aromatic heterocycles. The number of anilines is 1. The second-order valence-corrected chi connectivity index (χ2v) is 11.3. The molecule has 1 aromatic carbocycles. The van der Waals surface area contributed by atoms with Crippen LogP contribution in [0.2, 0.25) is 0 Å². The van der Waals surface area contributed by atoms with Gasteiger partial charge in [-0.05, 0) is 51.8 Å². The molecule has 0 saturated carbocycles. The fourth-order valence-corrected chi connectivity index (χ4v) is 5.83. The summed E-state index contributed by atoms with van der Waals surface area (Å²) in [6, 6.07) is 5.69. The van der Waals surface area contributed by atoms with E-state index in [9.17, 15) is 23.6 Å². The van der Waals surface area contributed by atoms with E-state index in [1.54, 1.807) is 33.8 Å². The van der Waals surface area contributed by atoms with E-state index >= 15 is 0 Å². The van der Waals surface area contributed by atoms with Crippen LogP contribution in [-0.4, -0.2) is 57.0 Å². The van der Waals surface area contributed by atoms with E-state index in [0.717, 1.165) is 35.9 Å². The van der Waals surface area contributed by atoms with Gasteiger partial charge >= 0.3 is 11.9 Å². The molecular formula is C28H34FN5O6S2. The van der Waals surface area contributed by atoms with Gasteiger partial charge < -0.3 is 24.7 Å². The van der Waals surface area contributed by atoms with Crippen molar-refractivity contribution in [3.63, 3.8) is 0 Å². The Morgan fingerprint density at radius 3 is 2.43 bits per heavy atom. The molecule has 0 aliphatic heterocycles. The molecule has 2 amide bonds. The summed E-state index contributed by atoms with van der Waals surface area (Å²) in [4.78, 5) is 51.1. The van der Waals surface area contributed by atoms with Crippen molar-refractivity contribution >= 4 is 51.9 Å². The third-order valence-corrected chi connectivity index (χ3v) is 8.30. The Labute approximate surface area is 251 Å². The third kappa shape index (κ3) is 7.94. The van der Waals surface area contributed by atoms with Crippen molar-refractivity contribution in [3.05, 3.63) is 57.5 Å². The summed E-state index contributed by atoms with van der Waals surface area (Å²) >= 11 is 2.10. The van der Waals surface area contributed by atoms with Gasteiger partial charge in [-0.2, -0.15) is 0 Å². The molecule has 1 atom stereocenters. The van der Waals surface area contributed by atoms with Crippen molar-refractivity contribution in [2.24, 2.45) is 0 Å².